The Morgan fingerprint density at radius 3 is 2.50 bits per heavy atom. The van der Waals surface area contributed by atoms with E-state index >= 15 is 0 Å². The molecule has 1 aromatic carbocycles. The van der Waals surface area contributed by atoms with Gasteiger partial charge in [-0.1, -0.05) is 23.2 Å². The molecule has 8 heteroatoms. The molecule has 2 aliphatic rings. The van der Waals surface area contributed by atoms with E-state index in [1.807, 2.05) is 0 Å². The molecule has 1 aromatic rings. The fraction of sp³-hybridized carbons (Fsp3) is 0.625. The number of hydrogen-bond acceptors (Lipinski definition) is 4. The third-order valence-corrected chi connectivity index (χ3v) is 7.41. The van der Waals surface area contributed by atoms with Crippen LogP contribution in [0.5, 0.6) is 0 Å². The normalized spacial score (nSPS) is 24.2. The molecule has 0 aromatic heterocycles. The van der Waals surface area contributed by atoms with E-state index in [0.717, 1.165) is 32.7 Å². The van der Waals surface area contributed by atoms with E-state index in [2.05, 4.69) is 10.2 Å². The number of nitrogens with one attached hydrogen (secondary N) is 1. The number of benzene rings is 1. The number of piperazine rings is 1. The molecule has 3 rings (SSSR count). The molecule has 1 N–H and O–H groups in total. The molecule has 0 aliphatic carbocycles. The molecule has 2 fully saturated rings. The van der Waals surface area contributed by atoms with Crippen molar-refractivity contribution in [3.63, 3.8) is 0 Å². The first-order chi connectivity index (χ1) is 11.5. The maximum absolute atomic E-state index is 12.7. The van der Waals surface area contributed by atoms with Crippen molar-refractivity contribution in [2.75, 3.05) is 45.8 Å². The fourth-order valence-electron chi connectivity index (χ4n) is 3.38. The molecular weight excluding hydrogens is 369 g/mol. The monoisotopic (exact) mass is 391 g/mol. The maximum Gasteiger partial charge on any atom is 0.243 e. The molecular formula is C16H23Cl2N3O2S. The number of sulfonamides is 1. The minimum Gasteiger partial charge on any atom is -0.316 e. The summed E-state index contributed by atoms with van der Waals surface area (Å²) in [5.74, 6) is 0.678. The van der Waals surface area contributed by atoms with Gasteiger partial charge in [-0.25, -0.2) is 8.42 Å². The molecule has 24 heavy (non-hydrogen) atoms. The predicted molar refractivity (Wildman–Crippen MR) is 97.3 cm³/mol. The summed E-state index contributed by atoms with van der Waals surface area (Å²) in [5.41, 5.74) is 0. The lowest BCUT2D eigenvalue weighted by molar-refractivity contribution is 0.154. The largest absolute Gasteiger partial charge is 0.316 e. The van der Waals surface area contributed by atoms with Gasteiger partial charge in [-0.05, 0) is 50.0 Å². The summed E-state index contributed by atoms with van der Waals surface area (Å²) in [5, 5.41) is 4.06. The van der Waals surface area contributed by atoms with Crippen LogP contribution in [0, 0.1) is 5.92 Å². The molecule has 2 saturated heterocycles. The molecule has 1 unspecified atom stereocenters. The van der Waals surface area contributed by atoms with Gasteiger partial charge in [-0.15, -0.1) is 0 Å². The van der Waals surface area contributed by atoms with Crippen molar-refractivity contribution < 1.29 is 8.42 Å². The summed E-state index contributed by atoms with van der Waals surface area (Å²) in [4.78, 5) is 2.58. The van der Waals surface area contributed by atoms with Crippen molar-refractivity contribution in [2.45, 2.75) is 17.7 Å². The van der Waals surface area contributed by atoms with Crippen molar-refractivity contribution >= 4 is 33.2 Å². The zero-order valence-corrected chi connectivity index (χ0v) is 15.9. The molecule has 5 nitrogen and oxygen atoms in total. The predicted octanol–water partition coefficient (Wildman–Crippen LogP) is 2.30. The van der Waals surface area contributed by atoms with Gasteiger partial charge in [0.1, 0.15) is 0 Å². The summed E-state index contributed by atoms with van der Waals surface area (Å²) >= 11 is 11.8. The van der Waals surface area contributed by atoms with Crippen LogP contribution in [0.25, 0.3) is 0 Å². The molecule has 2 heterocycles. The topological polar surface area (TPSA) is 52.7 Å². The smallest absolute Gasteiger partial charge is 0.243 e. The van der Waals surface area contributed by atoms with Crippen LogP contribution in [0.2, 0.25) is 10.0 Å². The van der Waals surface area contributed by atoms with Gasteiger partial charge in [0.2, 0.25) is 10.0 Å². The quantitative estimate of drug-likeness (QED) is 0.855. The third-order valence-electron chi connectivity index (χ3n) is 4.78. The first-order valence-electron chi connectivity index (χ1n) is 8.35. The number of rotatable bonds is 4. The zero-order chi connectivity index (χ0) is 17.2. The van der Waals surface area contributed by atoms with Gasteiger partial charge in [-0.2, -0.15) is 4.31 Å². The van der Waals surface area contributed by atoms with Crippen LogP contribution in [0.1, 0.15) is 12.8 Å². The summed E-state index contributed by atoms with van der Waals surface area (Å²) in [6.45, 7) is 5.82. The Bertz CT molecular complexity index is 670. The van der Waals surface area contributed by atoms with Crippen LogP contribution in [-0.4, -0.2) is 63.4 Å². The lowest BCUT2D eigenvalue weighted by atomic mass is 9.99. The average molecular weight is 392 g/mol. The summed E-state index contributed by atoms with van der Waals surface area (Å²) in [6.07, 6.45) is 2.49. The van der Waals surface area contributed by atoms with Crippen LogP contribution in [0.3, 0.4) is 0 Å². The third kappa shape index (κ3) is 4.23. The molecule has 0 spiro atoms. The summed E-state index contributed by atoms with van der Waals surface area (Å²) < 4.78 is 27.0. The molecule has 2 aliphatic heterocycles. The van der Waals surface area contributed by atoms with Gasteiger partial charge in [0.25, 0.3) is 0 Å². The van der Waals surface area contributed by atoms with Crippen LogP contribution in [0.4, 0.5) is 0 Å². The van der Waals surface area contributed by atoms with Crippen molar-refractivity contribution in [1.29, 1.82) is 0 Å². The second-order valence-electron chi connectivity index (χ2n) is 6.49. The van der Waals surface area contributed by atoms with Gasteiger partial charge < -0.3 is 10.2 Å². The van der Waals surface area contributed by atoms with Gasteiger partial charge in [-0.3, -0.25) is 0 Å². The van der Waals surface area contributed by atoms with E-state index in [4.69, 9.17) is 23.2 Å². The second-order valence-corrected chi connectivity index (χ2v) is 9.25. The van der Waals surface area contributed by atoms with Gasteiger partial charge >= 0.3 is 0 Å². The summed E-state index contributed by atoms with van der Waals surface area (Å²) in [6, 6.07) is 4.48. The highest BCUT2D eigenvalue weighted by Crippen LogP contribution is 2.27. The Morgan fingerprint density at radius 1 is 1.12 bits per heavy atom. The molecule has 0 saturated carbocycles. The van der Waals surface area contributed by atoms with Gasteiger partial charge in [0, 0.05) is 32.7 Å². The Labute approximate surface area is 154 Å². The summed E-state index contributed by atoms with van der Waals surface area (Å²) in [7, 11) is -3.51. The van der Waals surface area contributed by atoms with Crippen LogP contribution in [-0.2, 0) is 10.0 Å². The number of piperidine rings is 1. The highest BCUT2D eigenvalue weighted by molar-refractivity contribution is 7.89. The Hall–Kier alpha value is -0.370. The van der Waals surface area contributed by atoms with Gasteiger partial charge in [0.15, 0.2) is 0 Å². The minimum absolute atomic E-state index is 0.210. The highest BCUT2D eigenvalue weighted by atomic mass is 35.5. The SMILES string of the molecule is O=S(=O)(c1ccc(Cl)c(Cl)c1)N1CCN(CC2CCCNC2)CC1. The van der Waals surface area contributed by atoms with Crippen LogP contribution < -0.4 is 5.32 Å². The van der Waals surface area contributed by atoms with E-state index in [1.54, 1.807) is 4.31 Å². The highest BCUT2D eigenvalue weighted by Gasteiger charge is 2.29. The molecule has 0 radical (unpaired) electrons. The average Bonchev–Trinajstić information content (AvgIpc) is 2.58. The van der Waals surface area contributed by atoms with E-state index in [-0.39, 0.29) is 9.92 Å². The van der Waals surface area contributed by atoms with E-state index < -0.39 is 10.0 Å². The Kier molecular flexibility index (Phi) is 6.06. The van der Waals surface area contributed by atoms with E-state index in [9.17, 15) is 8.42 Å². The first kappa shape index (κ1) is 18.4. The van der Waals surface area contributed by atoms with Crippen molar-refractivity contribution in [3.8, 4) is 0 Å². The molecule has 1 atom stereocenters. The number of nitrogens with zero attached hydrogens (tertiary/aromatic N) is 2. The molecule has 0 bridgehead atoms. The molecule has 134 valence electrons. The van der Waals surface area contributed by atoms with Crippen molar-refractivity contribution in [1.82, 2.24) is 14.5 Å². The standard InChI is InChI=1S/C16H23Cl2N3O2S/c17-15-4-3-14(10-16(15)18)24(22,23)21-8-6-20(7-9-21)12-13-2-1-5-19-11-13/h3-4,10,13,19H,1-2,5-9,11-12H2. The van der Waals surface area contributed by atoms with E-state index in [1.165, 1.54) is 31.0 Å². The number of halogens is 2. The van der Waals surface area contributed by atoms with E-state index in [0.29, 0.717) is 24.0 Å². The van der Waals surface area contributed by atoms with Crippen molar-refractivity contribution in [3.05, 3.63) is 28.2 Å². The first-order valence-corrected chi connectivity index (χ1v) is 10.5. The fourth-order valence-corrected chi connectivity index (χ4v) is 5.20. The van der Waals surface area contributed by atoms with Crippen LogP contribution >= 0.6 is 23.2 Å². The Morgan fingerprint density at radius 2 is 1.88 bits per heavy atom. The zero-order valence-electron chi connectivity index (χ0n) is 13.5. The Balaban J connectivity index is 1.59. The lowest BCUT2D eigenvalue weighted by Gasteiger charge is -2.36. The minimum atomic E-state index is -3.51. The number of hydrogen-bond donors (Lipinski definition) is 1. The molecule has 0 amide bonds. The van der Waals surface area contributed by atoms with Gasteiger partial charge in [0.05, 0.1) is 14.9 Å². The second kappa shape index (κ2) is 7.89. The van der Waals surface area contributed by atoms with Crippen LogP contribution in [0.15, 0.2) is 23.1 Å². The van der Waals surface area contributed by atoms with Crippen molar-refractivity contribution in [2.24, 2.45) is 5.92 Å². The maximum atomic E-state index is 12.7. The lowest BCUT2D eigenvalue weighted by Crippen LogP contribution is -2.50.